The van der Waals surface area contributed by atoms with E-state index in [1.807, 2.05) is 24.0 Å². The Labute approximate surface area is 125 Å². The van der Waals surface area contributed by atoms with Gasteiger partial charge in [-0.25, -0.2) is 4.68 Å². The van der Waals surface area contributed by atoms with Crippen LogP contribution >= 0.6 is 0 Å². The molecule has 106 valence electrons. The van der Waals surface area contributed by atoms with Crippen molar-refractivity contribution in [2.75, 3.05) is 12.4 Å². The third-order valence-electron chi connectivity index (χ3n) is 3.67. The van der Waals surface area contributed by atoms with E-state index in [1.54, 1.807) is 6.20 Å². The van der Waals surface area contributed by atoms with Crippen molar-refractivity contribution < 1.29 is 0 Å². The lowest BCUT2D eigenvalue weighted by Gasteiger charge is -2.09. The number of aryl methyl sites for hydroxylation is 2. The smallest absolute Gasteiger partial charge is 0.0645 e. The first kappa shape index (κ1) is 13.4. The number of anilines is 1. The van der Waals surface area contributed by atoms with Gasteiger partial charge in [-0.15, -0.1) is 0 Å². The highest BCUT2D eigenvalue weighted by Crippen LogP contribution is 2.17. The second-order valence-electron chi connectivity index (χ2n) is 5.02. The number of nitrogens with zero attached hydrogens (tertiary/aromatic N) is 2. The summed E-state index contributed by atoms with van der Waals surface area (Å²) >= 11 is 0. The van der Waals surface area contributed by atoms with Crippen molar-refractivity contribution in [2.45, 2.75) is 12.8 Å². The molecule has 0 atom stereocenters. The average molecular weight is 277 g/mol. The van der Waals surface area contributed by atoms with Gasteiger partial charge < -0.3 is 5.32 Å². The molecular formula is C18H19N3. The molecule has 1 heterocycles. The van der Waals surface area contributed by atoms with Crippen LogP contribution in [0, 0.1) is 0 Å². The molecule has 1 N–H and O–H groups in total. The van der Waals surface area contributed by atoms with Crippen molar-refractivity contribution >= 4 is 5.69 Å². The maximum absolute atomic E-state index is 4.24. The van der Waals surface area contributed by atoms with E-state index in [4.69, 9.17) is 0 Å². The van der Waals surface area contributed by atoms with Crippen molar-refractivity contribution in [2.24, 2.45) is 0 Å². The summed E-state index contributed by atoms with van der Waals surface area (Å²) in [7, 11) is 1.97. The van der Waals surface area contributed by atoms with Crippen LogP contribution in [0.15, 0.2) is 67.0 Å². The molecule has 0 spiro atoms. The highest BCUT2D eigenvalue weighted by molar-refractivity contribution is 5.50. The summed E-state index contributed by atoms with van der Waals surface area (Å²) in [6, 6.07) is 19.0. The minimum atomic E-state index is 1.04. The molecule has 0 aliphatic carbocycles. The maximum Gasteiger partial charge on any atom is 0.0645 e. The molecular weight excluding hydrogens is 258 g/mol. The number of hydrogen-bond donors (Lipinski definition) is 1. The van der Waals surface area contributed by atoms with Gasteiger partial charge in [0, 0.05) is 25.1 Å². The van der Waals surface area contributed by atoms with Crippen LogP contribution in [0.25, 0.3) is 5.69 Å². The predicted molar refractivity (Wildman–Crippen MR) is 87.0 cm³/mol. The molecule has 0 radical (unpaired) electrons. The van der Waals surface area contributed by atoms with Crippen LogP contribution in [0.2, 0.25) is 0 Å². The molecule has 2 aromatic carbocycles. The third kappa shape index (κ3) is 3.14. The minimum Gasteiger partial charge on any atom is -0.388 e. The number of rotatable bonds is 5. The van der Waals surface area contributed by atoms with E-state index < -0.39 is 0 Å². The van der Waals surface area contributed by atoms with Crippen LogP contribution in [0.1, 0.15) is 11.1 Å². The van der Waals surface area contributed by atoms with Gasteiger partial charge in [0.2, 0.25) is 0 Å². The first-order valence-corrected chi connectivity index (χ1v) is 7.21. The monoisotopic (exact) mass is 277 g/mol. The van der Waals surface area contributed by atoms with E-state index in [9.17, 15) is 0 Å². The van der Waals surface area contributed by atoms with E-state index in [0.717, 1.165) is 18.5 Å². The van der Waals surface area contributed by atoms with Gasteiger partial charge >= 0.3 is 0 Å². The highest BCUT2D eigenvalue weighted by Gasteiger charge is 2.01. The number of nitrogens with one attached hydrogen (secondary N) is 1. The Bertz CT molecular complexity index is 685. The predicted octanol–water partition coefficient (Wildman–Crippen LogP) is 3.70. The molecule has 21 heavy (non-hydrogen) atoms. The zero-order chi connectivity index (χ0) is 14.5. The number of para-hydroxylation sites is 1. The van der Waals surface area contributed by atoms with Crippen LogP contribution in [0.4, 0.5) is 5.69 Å². The van der Waals surface area contributed by atoms with E-state index in [1.165, 1.54) is 16.8 Å². The first-order valence-electron chi connectivity index (χ1n) is 7.21. The van der Waals surface area contributed by atoms with Gasteiger partial charge in [-0.3, -0.25) is 0 Å². The summed E-state index contributed by atoms with van der Waals surface area (Å²) in [4.78, 5) is 0. The topological polar surface area (TPSA) is 29.9 Å². The number of benzene rings is 2. The highest BCUT2D eigenvalue weighted by atomic mass is 15.3. The van der Waals surface area contributed by atoms with Gasteiger partial charge in [0.1, 0.15) is 0 Å². The maximum atomic E-state index is 4.24. The standard InChI is InChI=1S/C18H19N3/c1-19-18-6-3-2-5-16(18)10-7-15-8-11-17(12-9-15)21-14-4-13-20-21/h2-6,8-9,11-14,19H,7,10H2,1H3. The minimum absolute atomic E-state index is 1.04. The Morgan fingerprint density at radius 3 is 2.48 bits per heavy atom. The SMILES string of the molecule is CNc1ccccc1CCc1ccc(-n2cccn2)cc1. The van der Waals surface area contributed by atoms with Crippen molar-refractivity contribution in [3.8, 4) is 5.69 Å². The quantitative estimate of drug-likeness (QED) is 0.770. The Kier molecular flexibility index (Phi) is 4.01. The molecule has 0 bridgehead atoms. The zero-order valence-corrected chi connectivity index (χ0v) is 12.2. The molecule has 0 unspecified atom stereocenters. The second-order valence-corrected chi connectivity index (χ2v) is 5.02. The molecule has 0 aliphatic rings. The lowest BCUT2D eigenvalue weighted by Crippen LogP contribution is -1.98. The largest absolute Gasteiger partial charge is 0.388 e. The fourth-order valence-electron chi connectivity index (χ4n) is 2.50. The van der Waals surface area contributed by atoms with Gasteiger partial charge in [0.05, 0.1) is 5.69 Å². The van der Waals surface area contributed by atoms with Crippen LogP contribution < -0.4 is 5.32 Å². The Hall–Kier alpha value is -2.55. The lowest BCUT2D eigenvalue weighted by molar-refractivity contribution is 0.877. The van der Waals surface area contributed by atoms with E-state index in [2.05, 4.69) is 58.9 Å². The fraction of sp³-hybridized carbons (Fsp3) is 0.167. The molecule has 0 saturated heterocycles. The number of hydrogen-bond acceptors (Lipinski definition) is 2. The second kappa shape index (κ2) is 6.27. The van der Waals surface area contributed by atoms with Gasteiger partial charge in [0.15, 0.2) is 0 Å². The Morgan fingerprint density at radius 1 is 0.952 bits per heavy atom. The van der Waals surface area contributed by atoms with Crippen LogP contribution in [0.5, 0.6) is 0 Å². The lowest BCUT2D eigenvalue weighted by atomic mass is 10.0. The number of aromatic nitrogens is 2. The van der Waals surface area contributed by atoms with Crippen molar-refractivity contribution in [3.63, 3.8) is 0 Å². The van der Waals surface area contributed by atoms with Crippen molar-refractivity contribution in [1.29, 1.82) is 0 Å². The van der Waals surface area contributed by atoms with Crippen LogP contribution in [-0.4, -0.2) is 16.8 Å². The van der Waals surface area contributed by atoms with Crippen LogP contribution in [-0.2, 0) is 12.8 Å². The third-order valence-corrected chi connectivity index (χ3v) is 3.67. The van der Waals surface area contributed by atoms with Gasteiger partial charge in [0.25, 0.3) is 0 Å². The summed E-state index contributed by atoms with van der Waals surface area (Å²) in [6.07, 6.45) is 5.83. The first-order chi connectivity index (χ1) is 10.4. The molecule has 0 amide bonds. The molecule has 3 rings (SSSR count). The van der Waals surface area contributed by atoms with E-state index in [-0.39, 0.29) is 0 Å². The molecule has 0 saturated carbocycles. The van der Waals surface area contributed by atoms with Gasteiger partial charge in [-0.05, 0) is 48.2 Å². The molecule has 3 aromatic rings. The summed E-state index contributed by atoms with van der Waals surface area (Å²) in [5.74, 6) is 0. The van der Waals surface area contributed by atoms with Crippen LogP contribution in [0.3, 0.4) is 0 Å². The average Bonchev–Trinajstić information content (AvgIpc) is 3.08. The summed E-state index contributed by atoms with van der Waals surface area (Å²) in [6.45, 7) is 0. The van der Waals surface area contributed by atoms with Gasteiger partial charge in [-0.1, -0.05) is 30.3 Å². The molecule has 0 aliphatic heterocycles. The van der Waals surface area contributed by atoms with Crippen molar-refractivity contribution in [3.05, 3.63) is 78.1 Å². The Morgan fingerprint density at radius 2 is 1.76 bits per heavy atom. The molecule has 0 fully saturated rings. The zero-order valence-electron chi connectivity index (χ0n) is 12.2. The van der Waals surface area contributed by atoms with Gasteiger partial charge in [-0.2, -0.15) is 5.10 Å². The van der Waals surface area contributed by atoms with E-state index in [0.29, 0.717) is 0 Å². The molecule has 1 aromatic heterocycles. The summed E-state index contributed by atoms with van der Waals surface area (Å²) in [5, 5.41) is 7.49. The van der Waals surface area contributed by atoms with Crippen molar-refractivity contribution in [1.82, 2.24) is 9.78 Å². The molecule has 3 heteroatoms. The normalized spacial score (nSPS) is 10.5. The Balaban J connectivity index is 1.68. The molecule has 3 nitrogen and oxygen atoms in total. The summed E-state index contributed by atoms with van der Waals surface area (Å²) in [5.41, 5.74) is 5.01. The fourth-order valence-corrected chi connectivity index (χ4v) is 2.50. The summed E-state index contributed by atoms with van der Waals surface area (Å²) < 4.78 is 1.88. The van der Waals surface area contributed by atoms with E-state index >= 15 is 0 Å².